The number of nitrogens with two attached hydrogens (primary N) is 1. The molecule has 0 unspecified atom stereocenters. The molecule has 0 atom stereocenters. The first-order chi connectivity index (χ1) is 8.34. The Hall–Kier alpha value is -2.11. The van der Waals surface area contributed by atoms with Crippen LogP contribution in [0.2, 0.25) is 0 Å². The summed E-state index contributed by atoms with van der Waals surface area (Å²) in [5.41, 5.74) is 6.08. The van der Waals surface area contributed by atoms with Crippen molar-refractivity contribution in [1.29, 1.82) is 0 Å². The standard InChI is InChI=1S/C11H16N6/c12-10-7-15-11(16-8-10)14-3-1-2-5-17-6-4-13-9-17/h4,6-9H,1-3,5,12H2,(H,14,15,16). The minimum Gasteiger partial charge on any atom is -0.396 e. The first-order valence-corrected chi connectivity index (χ1v) is 5.62. The lowest BCUT2D eigenvalue weighted by atomic mass is 10.3. The Bertz CT molecular complexity index is 422. The van der Waals surface area contributed by atoms with E-state index < -0.39 is 0 Å². The molecular weight excluding hydrogens is 216 g/mol. The van der Waals surface area contributed by atoms with Gasteiger partial charge in [0.2, 0.25) is 5.95 Å². The van der Waals surface area contributed by atoms with Crippen molar-refractivity contribution in [3.05, 3.63) is 31.1 Å². The summed E-state index contributed by atoms with van der Waals surface area (Å²) < 4.78 is 2.07. The molecule has 0 aliphatic rings. The second-order valence-corrected chi connectivity index (χ2v) is 3.77. The van der Waals surface area contributed by atoms with E-state index in [0.717, 1.165) is 25.9 Å². The van der Waals surface area contributed by atoms with E-state index in [2.05, 4.69) is 24.8 Å². The van der Waals surface area contributed by atoms with E-state index in [1.807, 2.05) is 12.5 Å². The van der Waals surface area contributed by atoms with Crippen molar-refractivity contribution in [2.45, 2.75) is 19.4 Å². The van der Waals surface area contributed by atoms with Crippen molar-refractivity contribution in [2.24, 2.45) is 0 Å². The first-order valence-electron chi connectivity index (χ1n) is 5.62. The summed E-state index contributed by atoms with van der Waals surface area (Å²) >= 11 is 0. The van der Waals surface area contributed by atoms with Crippen LogP contribution in [-0.4, -0.2) is 26.1 Å². The molecule has 2 rings (SSSR count). The van der Waals surface area contributed by atoms with E-state index in [4.69, 9.17) is 5.73 Å². The van der Waals surface area contributed by atoms with Crippen molar-refractivity contribution < 1.29 is 0 Å². The molecule has 2 aromatic heterocycles. The van der Waals surface area contributed by atoms with Gasteiger partial charge in [-0.25, -0.2) is 15.0 Å². The minimum absolute atomic E-state index is 0.579. The van der Waals surface area contributed by atoms with E-state index >= 15 is 0 Å². The number of unbranched alkanes of at least 4 members (excludes halogenated alkanes) is 1. The molecule has 0 saturated heterocycles. The summed E-state index contributed by atoms with van der Waals surface area (Å²) in [7, 11) is 0. The van der Waals surface area contributed by atoms with Gasteiger partial charge in [0.25, 0.3) is 0 Å². The van der Waals surface area contributed by atoms with E-state index in [1.165, 1.54) is 0 Å². The van der Waals surface area contributed by atoms with E-state index in [-0.39, 0.29) is 0 Å². The van der Waals surface area contributed by atoms with Crippen molar-refractivity contribution in [3.63, 3.8) is 0 Å². The highest BCUT2D eigenvalue weighted by molar-refractivity contribution is 5.35. The average molecular weight is 232 g/mol. The van der Waals surface area contributed by atoms with Crippen LogP contribution in [0.25, 0.3) is 0 Å². The van der Waals surface area contributed by atoms with E-state index in [9.17, 15) is 0 Å². The molecule has 3 N–H and O–H groups in total. The molecule has 0 saturated carbocycles. The number of rotatable bonds is 6. The highest BCUT2D eigenvalue weighted by atomic mass is 15.1. The SMILES string of the molecule is Nc1cnc(NCCCCn2ccnc2)nc1. The molecule has 2 aromatic rings. The smallest absolute Gasteiger partial charge is 0.222 e. The van der Waals surface area contributed by atoms with Gasteiger partial charge in [-0.05, 0) is 12.8 Å². The summed E-state index contributed by atoms with van der Waals surface area (Å²) in [6, 6.07) is 0. The molecule has 2 heterocycles. The Morgan fingerprint density at radius 3 is 2.76 bits per heavy atom. The molecular formula is C11H16N6. The lowest BCUT2D eigenvalue weighted by molar-refractivity contribution is 0.620. The molecule has 6 heteroatoms. The molecule has 0 amide bonds. The fourth-order valence-corrected chi connectivity index (χ4v) is 1.47. The number of aryl methyl sites for hydroxylation is 1. The second-order valence-electron chi connectivity index (χ2n) is 3.77. The summed E-state index contributed by atoms with van der Waals surface area (Å²) in [6.07, 6.45) is 10.9. The topological polar surface area (TPSA) is 81.6 Å². The van der Waals surface area contributed by atoms with Crippen LogP contribution in [0.5, 0.6) is 0 Å². The van der Waals surface area contributed by atoms with Gasteiger partial charge >= 0.3 is 0 Å². The highest BCUT2D eigenvalue weighted by Gasteiger charge is 1.95. The predicted octanol–water partition coefficient (Wildman–Crippen LogP) is 1.15. The molecule has 0 fully saturated rings. The van der Waals surface area contributed by atoms with Crippen LogP contribution in [0.3, 0.4) is 0 Å². The number of nitrogens with one attached hydrogen (secondary N) is 1. The Kier molecular flexibility index (Phi) is 3.90. The van der Waals surface area contributed by atoms with Crippen molar-refractivity contribution >= 4 is 11.6 Å². The van der Waals surface area contributed by atoms with Gasteiger partial charge in [0.1, 0.15) is 0 Å². The van der Waals surface area contributed by atoms with Gasteiger partial charge < -0.3 is 15.6 Å². The zero-order chi connectivity index (χ0) is 11.9. The fraction of sp³-hybridized carbons (Fsp3) is 0.364. The van der Waals surface area contributed by atoms with Gasteiger partial charge in [-0.2, -0.15) is 0 Å². The molecule has 17 heavy (non-hydrogen) atoms. The Balaban J connectivity index is 1.61. The minimum atomic E-state index is 0.579. The molecule has 0 bridgehead atoms. The van der Waals surface area contributed by atoms with E-state index in [0.29, 0.717) is 11.6 Å². The lowest BCUT2D eigenvalue weighted by Gasteiger charge is -2.05. The van der Waals surface area contributed by atoms with Gasteiger partial charge in [0.15, 0.2) is 0 Å². The van der Waals surface area contributed by atoms with Crippen molar-refractivity contribution in [2.75, 3.05) is 17.6 Å². The van der Waals surface area contributed by atoms with Gasteiger partial charge in [-0.15, -0.1) is 0 Å². The van der Waals surface area contributed by atoms with E-state index in [1.54, 1.807) is 18.6 Å². The maximum absolute atomic E-state index is 5.50. The molecule has 0 aliphatic carbocycles. The van der Waals surface area contributed by atoms with Crippen molar-refractivity contribution in [1.82, 2.24) is 19.5 Å². The molecule has 90 valence electrons. The summed E-state index contributed by atoms with van der Waals surface area (Å²) in [6.45, 7) is 1.85. The normalized spacial score (nSPS) is 10.4. The van der Waals surface area contributed by atoms with Crippen LogP contribution in [0, 0.1) is 0 Å². The van der Waals surface area contributed by atoms with Gasteiger partial charge in [0, 0.05) is 25.5 Å². The highest BCUT2D eigenvalue weighted by Crippen LogP contribution is 2.01. The predicted molar refractivity (Wildman–Crippen MR) is 66.4 cm³/mol. The van der Waals surface area contributed by atoms with Crippen LogP contribution < -0.4 is 11.1 Å². The second kappa shape index (κ2) is 5.83. The van der Waals surface area contributed by atoms with Crippen LogP contribution in [0.15, 0.2) is 31.1 Å². The third kappa shape index (κ3) is 3.75. The third-order valence-electron chi connectivity index (χ3n) is 2.36. The Labute approximate surface area is 99.9 Å². The summed E-state index contributed by atoms with van der Waals surface area (Å²) in [5.74, 6) is 0.627. The average Bonchev–Trinajstić information content (AvgIpc) is 2.84. The van der Waals surface area contributed by atoms with Gasteiger partial charge in [-0.3, -0.25) is 0 Å². The fourth-order valence-electron chi connectivity index (χ4n) is 1.47. The zero-order valence-electron chi connectivity index (χ0n) is 9.58. The van der Waals surface area contributed by atoms with Gasteiger partial charge in [0.05, 0.1) is 24.4 Å². The maximum atomic E-state index is 5.50. The third-order valence-corrected chi connectivity index (χ3v) is 2.36. The number of anilines is 2. The number of imidazole rings is 1. The van der Waals surface area contributed by atoms with Gasteiger partial charge in [-0.1, -0.05) is 0 Å². The number of aromatic nitrogens is 4. The first kappa shape index (κ1) is 11.4. The van der Waals surface area contributed by atoms with Crippen LogP contribution in [-0.2, 0) is 6.54 Å². The molecule has 6 nitrogen and oxygen atoms in total. The quantitative estimate of drug-likeness (QED) is 0.730. The number of hydrogen-bond donors (Lipinski definition) is 2. The molecule has 0 spiro atoms. The molecule has 0 radical (unpaired) electrons. The lowest BCUT2D eigenvalue weighted by Crippen LogP contribution is -2.06. The maximum Gasteiger partial charge on any atom is 0.222 e. The zero-order valence-corrected chi connectivity index (χ0v) is 9.58. The number of hydrogen-bond acceptors (Lipinski definition) is 5. The van der Waals surface area contributed by atoms with Crippen LogP contribution in [0.1, 0.15) is 12.8 Å². The summed E-state index contributed by atoms with van der Waals surface area (Å²) in [5, 5.41) is 3.15. The number of nitrogens with zero attached hydrogens (tertiary/aromatic N) is 4. The largest absolute Gasteiger partial charge is 0.396 e. The van der Waals surface area contributed by atoms with Crippen LogP contribution >= 0.6 is 0 Å². The van der Waals surface area contributed by atoms with Crippen molar-refractivity contribution in [3.8, 4) is 0 Å². The number of nitrogen functional groups attached to an aromatic ring is 1. The molecule has 0 aromatic carbocycles. The monoisotopic (exact) mass is 232 g/mol. The summed E-state index contributed by atoms with van der Waals surface area (Å²) in [4.78, 5) is 12.1. The van der Waals surface area contributed by atoms with Crippen LogP contribution in [0.4, 0.5) is 11.6 Å². The molecule has 0 aliphatic heterocycles. The Morgan fingerprint density at radius 2 is 2.06 bits per heavy atom. The Morgan fingerprint density at radius 1 is 1.24 bits per heavy atom.